The lowest BCUT2D eigenvalue weighted by molar-refractivity contribution is 0.0849. The maximum absolute atomic E-state index is 5.58. The van der Waals surface area contributed by atoms with E-state index in [9.17, 15) is 0 Å². The lowest BCUT2D eigenvalue weighted by Gasteiger charge is -2.39. The molecule has 1 saturated carbocycles. The van der Waals surface area contributed by atoms with Crippen molar-refractivity contribution in [3.05, 3.63) is 23.5 Å². The van der Waals surface area contributed by atoms with Crippen molar-refractivity contribution in [2.24, 2.45) is 16.3 Å². The molecule has 0 aromatic carbocycles. The van der Waals surface area contributed by atoms with Crippen LogP contribution in [0.1, 0.15) is 73.6 Å². The van der Waals surface area contributed by atoms with Crippen molar-refractivity contribution in [2.45, 2.75) is 73.6 Å². The molecule has 0 bridgehead atoms. The number of ether oxygens (including phenoxy) is 1. The summed E-state index contributed by atoms with van der Waals surface area (Å²) in [7, 11) is 2.12. The van der Waals surface area contributed by atoms with Crippen LogP contribution in [0.3, 0.4) is 0 Å². The van der Waals surface area contributed by atoms with E-state index in [1.54, 1.807) is 0 Å². The van der Waals surface area contributed by atoms with Gasteiger partial charge >= 0.3 is 0 Å². The maximum atomic E-state index is 5.58. The number of nitrogens with zero attached hydrogens (tertiary/aromatic N) is 2. The fraction of sp³-hybridized carbons (Fsp3) is 0.762. The number of amidine groups is 1. The van der Waals surface area contributed by atoms with Crippen LogP contribution >= 0.6 is 0 Å². The molecular weight excluding hydrogens is 296 g/mol. The van der Waals surface area contributed by atoms with Crippen molar-refractivity contribution in [1.29, 1.82) is 0 Å². The number of hydrogen-bond acceptors (Lipinski definition) is 2. The highest BCUT2D eigenvalue weighted by Gasteiger charge is 2.33. The zero-order valence-corrected chi connectivity index (χ0v) is 17.0. The molecule has 1 aliphatic rings. The molecule has 1 fully saturated rings. The van der Waals surface area contributed by atoms with Crippen molar-refractivity contribution in [1.82, 2.24) is 4.90 Å². The van der Waals surface area contributed by atoms with Gasteiger partial charge < -0.3 is 9.64 Å². The summed E-state index contributed by atoms with van der Waals surface area (Å²) in [5.74, 6) is 1.78. The minimum Gasteiger partial charge on any atom is -0.382 e. The molecule has 3 nitrogen and oxygen atoms in total. The number of hydrogen-bond donors (Lipinski definition) is 0. The van der Waals surface area contributed by atoms with Gasteiger partial charge in [-0.3, -0.25) is 0 Å². The number of rotatable bonds is 7. The summed E-state index contributed by atoms with van der Waals surface area (Å²) in [5.41, 5.74) is 2.87. The van der Waals surface area contributed by atoms with Crippen molar-refractivity contribution < 1.29 is 4.74 Å². The number of allylic oxidation sites excluding steroid dienone is 3. The predicted octanol–water partition coefficient (Wildman–Crippen LogP) is 5.79. The Labute approximate surface area is 149 Å². The maximum Gasteiger partial charge on any atom is 0.111 e. The van der Waals surface area contributed by atoms with E-state index in [0.717, 1.165) is 18.9 Å². The highest BCUT2D eigenvalue weighted by molar-refractivity contribution is 5.86. The molecule has 0 amide bonds. The van der Waals surface area contributed by atoms with Crippen LogP contribution in [0.25, 0.3) is 0 Å². The average Bonchev–Trinajstić information content (AvgIpc) is 2.53. The molecule has 1 aliphatic carbocycles. The normalized spacial score (nSPS) is 25.1. The van der Waals surface area contributed by atoms with Gasteiger partial charge in [-0.1, -0.05) is 18.6 Å². The third-order valence-corrected chi connectivity index (χ3v) is 5.35. The zero-order valence-electron chi connectivity index (χ0n) is 17.0. The molecular formula is C21H38N2O. The van der Waals surface area contributed by atoms with Crippen LogP contribution in [0.15, 0.2) is 28.5 Å². The standard InChI is InChI=1S/C21H38N2O/c1-8-15-23(7)20(22-18(5)17(3)4)19-10-12-21(6,13-11-19)14-16-24-9-2/h8,15,19H,9-14,16H2,1-7H3/b15-8-,22-20-. The molecule has 0 aromatic heterocycles. The van der Waals surface area contributed by atoms with Crippen LogP contribution < -0.4 is 0 Å². The Kier molecular flexibility index (Phi) is 8.75. The molecule has 24 heavy (non-hydrogen) atoms. The molecule has 0 heterocycles. The van der Waals surface area contributed by atoms with Crippen LogP contribution in [-0.2, 0) is 4.74 Å². The van der Waals surface area contributed by atoms with Gasteiger partial charge in [0.15, 0.2) is 0 Å². The molecule has 138 valence electrons. The first-order valence-electron chi connectivity index (χ1n) is 9.49. The van der Waals surface area contributed by atoms with Gasteiger partial charge in [-0.2, -0.15) is 0 Å². The molecule has 0 atom stereocenters. The van der Waals surface area contributed by atoms with Gasteiger partial charge in [-0.05, 0) is 72.1 Å². The Morgan fingerprint density at radius 3 is 2.38 bits per heavy atom. The summed E-state index contributed by atoms with van der Waals surface area (Å²) in [6, 6.07) is 0. The SMILES string of the molecule is C/C=C\N(C)/C(=N\C(C)=C(C)C)C1CCC(C)(CCOCC)CC1. The molecule has 0 saturated heterocycles. The summed E-state index contributed by atoms with van der Waals surface area (Å²) < 4.78 is 5.58. The van der Waals surface area contributed by atoms with Gasteiger partial charge in [-0.15, -0.1) is 0 Å². The highest BCUT2D eigenvalue weighted by atomic mass is 16.5. The molecule has 3 heteroatoms. The lowest BCUT2D eigenvalue weighted by atomic mass is 9.69. The molecule has 0 unspecified atom stereocenters. The second kappa shape index (κ2) is 10.0. The first kappa shape index (κ1) is 21.0. The third kappa shape index (κ3) is 6.43. The minimum atomic E-state index is 0.432. The quantitative estimate of drug-likeness (QED) is 0.334. The Balaban J connectivity index is 2.82. The molecule has 0 N–H and O–H groups in total. The van der Waals surface area contributed by atoms with E-state index in [0.29, 0.717) is 11.3 Å². The Morgan fingerprint density at radius 1 is 1.25 bits per heavy atom. The smallest absolute Gasteiger partial charge is 0.111 e. The minimum absolute atomic E-state index is 0.432. The second-order valence-electron chi connectivity index (χ2n) is 7.68. The molecule has 0 aliphatic heterocycles. The van der Waals surface area contributed by atoms with Gasteiger partial charge in [-0.25, -0.2) is 4.99 Å². The van der Waals surface area contributed by atoms with E-state index in [4.69, 9.17) is 9.73 Å². The van der Waals surface area contributed by atoms with Crippen LogP contribution in [0.2, 0.25) is 0 Å². The summed E-state index contributed by atoms with van der Waals surface area (Å²) in [4.78, 5) is 7.20. The molecule has 0 radical (unpaired) electrons. The largest absolute Gasteiger partial charge is 0.382 e. The second-order valence-corrected chi connectivity index (χ2v) is 7.68. The van der Waals surface area contributed by atoms with Crippen LogP contribution in [0.4, 0.5) is 0 Å². The zero-order chi connectivity index (χ0) is 18.2. The average molecular weight is 335 g/mol. The summed E-state index contributed by atoms with van der Waals surface area (Å²) in [6.45, 7) is 14.7. The van der Waals surface area contributed by atoms with E-state index in [-0.39, 0.29) is 0 Å². The van der Waals surface area contributed by atoms with E-state index in [1.807, 2.05) is 0 Å². The van der Waals surface area contributed by atoms with Crippen LogP contribution in [-0.4, -0.2) is 31.0 Å². The molecule has 0 aromatic rings. The van der Waals surface area contributed by atoms with E-state index < -0.39 is 0 Å². The topological polar surface area (TPSA) is 24.8 Å². The third-order valence-electron chi connectivity index (χ3n) is 5.35. The fourth-order valence-electron chi connectivity index (χ4n) is 3.33. The first-order valence-corrected chi connectivity index (χ1v) is 9.49. The van der Waals surface area contributed by atoms with Crippen molar-refractivity contribution >= 4 is 5.84 Å². The lowest BCUT2D eigenvalue weighted by Crippen LogP contribution is -2.35. The van der Waals surface area contributed by atoms with E-state index in [1.165, 1.54) is 43.5 Å². The van der Waals surface area contributed by atoms with Gasteiger partial charge in [0, 0.05) is 38.1 Å². The summed E-state index contributed by atoms with van der Waals surface area (Å²) >= 11 is 0. The highest BCUT2D eigenvalue weighted by Crippen LogP contribution is 2.42. The van der Waals surface area contributed by atoms with Gasteiger partial charge in [0.1, 0.15) is 5.84 Å². The first-order chi connectivity index (χ1) is 11.3. The molecule has 1 rings (SSSR count). The Morgan fingerprint density at radius 2 is 1.88 bits per heavy atom. The van der Waals surface area contributed by atoms with Crippen LogP contribution in [0.5, 0.6) is 0 Å². The van der Waals surface area contributed by atoms with Crippen LogP contribution in [0, 0.1) is 11.3 Å². The predicted molar refractivity (Wildman–Crippen MR) is 105 cm³/mol. The van der Waals surface area contributed by atoms with Gasteiger partial charge in [0.2, 0.25) is 0 Å². The van der Waals surface area contributed by atoms with Crippen molar-refractivity contribution in [3.63, 3.8) is 0 Å². The van der Waals surface area contributed by atoms with Crippen molar-refractivity contribution in [2.75, 3.05) is 20.3 Å². The monoisotopic (exact) mass is 334 g/mol. The Bertz CT molecular complexity index is 464. The van der Waals surface area contributed by atoms with Gasteiger partial charge in [0.05, 0.1) is 0 Å². The van der Waals surface area contributed by atoms with E-state index >= 15 is 0 Å². The number of aliphatic imine (C=N–C) groups is 1. The fourth-order valence-corrected chi connectivity index (χ4v) is 3.33. The summed E-state index contributed by atoms with van der Waals surface area (Å²) in [6.07, 6.45) is 10.4. The van der Waals surface area contributed by atoms with E-state index in [2.05, 4.69) is 65.8 Å². The Hall–Kier alpha value is -1.09. The molecule has 0 spiro atoms. The summed E-state index contributed by atoms with van der Waals surface area (Å²) in [5, 5.41) is 0. The van der Waals surface area contributed by atoms with Gasteiger partial charge in [0.25, 0.3) is 0 Å². The van der Waals surface area contributed by atoms with Crippen molar-refractivity contribution in [3.8, 4) is 0 Å².